The smallest absolute Gasteiger partial charge is 0.00700 e. The van der Waals surface area contributed by atoms with E-state index in [0.717, 1.165) is 0 Å². The summed E-state index contributed by atoms with van der Waals surface area (Å²) in [6.07, 6.45) is 0. The zero-order valence-corrected chi connectivity index (χ0v) is 14.6. The van der Waals surface area contributed by atoms with E-state index in [1.807, 2.05) is 0 Å². The minimum absolute atomic E-state index is 0.562. The average molecular weight is 326 g/mol. The molecule has 1 heteroatoms. The third-order valence-electron chi connectivity index (χ3n) is 4.36. The van der Waals surface area contributed by atoms with Crippen LogP contribution in [0.3, 0.4) is 0 Å². The Morgan fingerprint density at radius 1 is 0.542 bits per heavy atom. The van der Waals surface area contributed by atoms with E-state index < -0.39 is 7.92 Å². The van der Waals surface area contributed by atoms with Crippen molar-refractivity contribution in [1.82, 2.24) is 0 Å². The number of hydrogen-bond acceptors (Lipinski definition) is 0. The van der Waals surface area contributed by atoms with Gasteiger partial charge in [-0.05, 0) is 47.1 Å². The quantitative estimate of drug-likeness (QED) is 0.469. The van der Waals surface area contributed by atoms with Gasteiger partial charge in [0.1, 0.15) is 0 Å². The molecule has 0 unspecified atom stereocenters. The van der Waals surface area contributed by atoms with Gasteiger partial charge in [0.2, 0.25) is 0 Å². The Labute approximate surface area is 144 Å². The summed E-state index contributed by atoms with van der Waals surface area (Å²) in [4.78, 5) is 0. The molecule has 4 rings (SSSR count). The summed E-state index contributed by atoms with van der Waals surface area (Å²) in [7, 11) is -0.562. The molecule has 0 saturated carbocycles. The highest BCUT2D eigenvalue weighted by Crippen LogP contribution is 2.36. The van der Waals surface area contributed by atoms with Crippen LogP contribution in [0.4, 0.5) is 0 Å². The van der Waals surface area contributed by atoms with Gasteiger partial charge in [-0.1, -0.05) is 97.1 Å². The van der Waals surface area contributed by atoms with Crippen molar-refractivity contribution in [1.29, 1.82) is 0 Å². The summed E-state index contributed by atoms with van der Waals surface area (Å²) in [6, 6.07) is 35.1. The molecule has 24 heavy (non-hydrogen) atoms. The second-order valence-electron chi connectivity index (χ2n) is 5.96. The van der Waals surface area contributed by atoms with E-state index >= 15 is 0 Å². The van der Waals surface area contributed by atoms with E-state index in [0.29, 0.717) is 0 Å². The maximum atomic E-state index is 2.31. The van der Waals surface area contributed by atoms with E-state index in [1.54, 1.807) is 0 Å². The van der Waals surface area contributed by atoms with Gasteiger partial charge in [0, 0.05) is 0 Å². The number of aryl methyl sites for hydroxylation is 1. The van der Waals surface area contributed by atoms with Crippen molar-refractivity contribution < 1.29 is 0 Å². The molecule has 0 radical (unpaired) electrons. The molecule has 0 spiro atoms. The second-order valence-corrected chi connectivity index (χ2v) is 8.14. The van der Waals surface area contributed by atoms with Gasteiger partial charge < -0.3 is 0 Å². The van der Waals surface area contributed by atoms with Crippen LogP contribution in [0.15, 0.2) is 97.1 Å². The van der Waals surface area contributed by atoms with Gasteiger partial charge in [-0.3, -0.25) is 0 Å². The summed E-state index contributed by atoms with van der Waals surface area (Å²) < 4.78 is 0. The largest absolute Gasteiger partial charge is 0.0622 e. The maximum absolute atomic E-state index is 2.31. The fourth-order valence-electron chi connectivity index (χ4n) is 3.27. The minimum Gasteiger partial charge on any atom is -0.0622 e. The van der Waals surface area contributed by atoms with E-state index in [-0.39, 0.29) is 0 Å². The standard InChI is InChI=1S/C23H19P/c1-18-10-8-11-19-12-9-17-22(23(18)19)24(20-13-4-2-5-14-20)21-15-6-3-7-16-21/h2-17H,1H3. The molecule has 0 N–H and O–H groups in total. The first-order chi connectivity index (χ1) is 11.8. The monoisotopic (exact) mass is 326 g/mol. The van der Waals surface area contributed by atoms with Crippen LogP contribution in [0.1, 0.15) is 5.56 Å². The predicted molar refractivity (Wildman–Crippen MR) is 107 cm³/mol. The number of hydrogen-bond donors (Lipinski definition) is 0. The highest BCUT2D eigenvalue weighted by molar-refractivity contribution is 7.80. The van der Waals surface area contributed by atoms with E-state index in [9.17, 15) is 0 Å². The van der Waals surface area contributed by atoms with Crippen LogP contribution < -0.4 is 15.9 Å². The third kappa shape index (κ3) is 2.75. The summed E-state index contributed by atoms with van der Waals surface area (Å²) >= 11 is 0. The normalized spacial score (nSPS) is 11.1. The summed E-state index contributed by atoms with van der Waals surface area (Å²) in [5, 5.41) is 6.97. The Morgan fingerprint density at radius 3 is 1.67 bits per heavy atom. The van der Waals surface area contributed by atoms with Gasteiger partial charge in [0.15, 0.2) is 0 Å². The molecule has 0 heterocycles. The lowest BCUT2D eigenvalue weighted by atomic mass is 10.1. The first-order valence-corrected chi connectivity index (χ1v) is 9.57. The highest BCUT2D eigenvalue weighted by Gasteiger charge is 2.19. The molecule has 0 amide bonds. The minimum atomic E-state index is -0.562. The summed E-state index contributed by atoms with van der Waals surface area (Å²) in [5.74, 6) is 0. The molecule has 0 aliphatic carbocycles. The predicted octanol–water partition coefficient (Wildman–Crippen LogP) is 4.91. The molecular weight excluding hydrogens is 307 g/mol. The molecule has 4 aromatic carbocycles. The van der Waals surface area contributed by atoms with Crippen molar-refractivity contribution in [3.05, 3.63) is 103 Å². The number of benzene rings is 4. The third-order valence-corrected chi connectivity index (χ3v) is 6.84. The Morgan fingerprint density at radius 2 is 1.08 bits per heavy atom. The van der Waals surface area contributed by atoms with Crippen LogP contribution in [-0.4, -0.2) is 0 Å². The zero-order chi connectivity index (χ0) is 16.4. The van der Waals surface area contributed by atoms with Crippen molar-refractivity contribution in [3.8, 4) is 0 Å². The molecule has 0 aromatic heterocycles. The van der Waals surface area contributed by atoms with Crippen molar-refractivity contribution in [2.75, 3.05) is 0 Å². The molecule has 0 aliphatic heterocycles. The molecule has 4 aromatic rings. The fraction of sp³-hybridized carbons (Fsp3) is 0.0435. The second kappa shape index (κ2) is 6.59. The van der Waals surface area contributed by atoms with Gasteiger partial charge in [-0.25, -0.2) is 0 Å². The molecule has 0 atom stereocenters. The van der Waals surface area contributed by atoms with Crippen molar-refractivity contribution >= 4 is 34.6 Å². The Balaban J connectivity index is 2.02. The maximum Gasteiger partial charge on any atom is -0.00700 e. The topological polar surface area (TPSA) is 0 Å². The van der Waals surface area contributed by atoms with Gasteiger partial charge in [-0.2, -0.15) is 0 Å². The van der Waals surface area contributed by atoms with Gasteiger partial charge in [-0.15, -0.1) is 0 Å². The van der Waals surface area contributed by atoms with Gasteiger partial charge in [0.05, 0.1) is 0 Å². The van der Waals surface area contributed by atoms with Crippen LogP contribution in [0.2, 0.25) is 0 Å². The van der Waals surface area contributed by atoms with Crippen LogP contribution >= 0.6 is 7.92 Å². The van der Waals surface area contributed by atoms with Gasteiger partial charge in [0.25, 0.3) is 0 Å². The SMILES string of the molecule is Cc1cccc2cccc(P(c3ccccc3)c3ccccc3)c12. The van der Waals surface area contributed by atoms with Gasteiger partial charge >= 0.3 is 0 Å². The summed E-state index contributed by atoms with van der Waals surface area (Å²) in [5.41, 5.74) is 1.35. The highest BCUT2D eigenvalue weighted by atomic mass is 31.1. The fourth-order valence-corrected chi connectivity index (χ4v) is 5.83. The molecule has 116 valence electrons. The van der Waals surface area contributed by atoms with Crippen molar-refractivity contribution in [3.63, 3.8) is 0 Å². The lowest BCUT2D eigenvalue weighted by Crippen LogP contribution is -2.21. The average Bonchev–Trinajstić information content (AvgIpc) is 2.64. The molecule has 0 fully saturated rings. The Kier molecular flexibility index (Phi) is 4.15. The number of rotatable bonds is 3. The van der Waals surface area contributed by atoms with Crippen molar-refractivity contribution in [2.24, 2.45) is 0 Å². The molecule has 0 aliphatic rings. The van der Waals surface area contributed by atoms with E-state index in [4.69, 9.17) is 0 Å². The lowest BCUT2D eigenvalue weighted by molar-refractivity contribution is 1.54. The van der Waals surface area contributed by atoms with Crippen LogP contribution in [0, 0.1) is 6.92 Å². The lowest BCUT2D eigenvalue weighted by Gasteiger charge is -2.22. The zero-order valence-electron chi connectivity index (χ0n) is 13.7. The molecule has 0 nitrogen and oxygen atoms in total. The Bertz CT molecular complexity index is 914. The van der Waals surface area contributed by atoms with Crippen molar-refractivity contribution in [2.45, 2.75) is 6.92 Å². The van der Waals surface area contributed by atoms with Crippen LogP contribution in [0.25, 0.3) is 10.8 Å². The van der Waals surface area contributed by atoms with E-state index in [2.05, 4.69) is 104 Å². The molecular formula is C23H19P. The Hall–Kier alpha value is -2.43. The first-order valence-electron chi connectivity index (χ1n) is 8.23. The summed E-state index contributed by atoms with van der Waals surface area (Å²) in [6.45, 7) is 2.22. The van der Waals surface area contributed by atoms with Crippen LogP contribution in [0.5, 0.6) is 0 Å². The first kappa shape index (κ1) is 15.1. The van der Waals surface area contributed by atoms with Crippen LogP contribution in [-0.2, 0) is 0 Å². The molecule has 0 bridgehead atoms. The molecule has 0 saturated heterocycles. The van der Waals surface area contributed by atoms with E-state index in [1.165, 1.54) is 32.2 Å². The number of fused-ring (bicyclic) bond motifs is 1.